The predicted octanol–water partition coefficient (Wildman–Crippen LogP) is 1.12. The van der Waals surface area contributed by atoms with Crippen LogP contribution < -0.4 is 0 Å². The number of amides is 1. The van der Waals surface area contributed by atoms with Crippen LogP contribution in [-0.2, 0) is 14.3 Å². The summed E-state index contributed by atoms with van der Waals surface area (Å²) in [5.74, 6) is -1.34. The topological polar surface area (TPSA) is 66.8 Å². The average molecular weight is 243 g/mol. The predicted molar refractivity (Wildman–Crippen MR) is 62.6 cm³/mol. The van der Waals surface area contributed by atoms with Gasteiger partial charge in [0.1, 0.15) is 6.61 Å². The summed E-state index contributed by atoms with van der Waals surface area (Å²) in [5.41, 5.74) is 0. The zero-order valence-corrected chi connectivity index (χ0v) is 10.5. The number of carbonyl (C=O) groups excluding carboxylic acids is 1. The number of carboxylic acid groups (broad SMARTS) is 1. The van der Waals surface area contributed by atoms with Crippen LogP contribution in [0.15, 0.2) is 0 Å². The quantitative estimate of drug-likeness (QED) is 0.786. The Morgan fingerprint density at radius 2 is 2.24 bits per heavy atom. The van der Waals surface area contributed by atoms with Crippen LogP contribution in [0.5, 0.6) is 0 Å². The molecule has 0 bridgehead atoms. The second kappa shape index (κ2) is 6.59. The maximum absolute atomic E-state index is 11.8. The van der Waals surface area contributed by atoms with Crippen LogP contribution in [-0.4, -0.2) is 47.7 Å². The summed E-state index contributed by atoms with van der Waals surface area (Å²) in [4.78, 5) is 24.3. The van der Waals surface area contributed by atoms with Gasteiger partial charge in [0.05, 0.1) is 12.0 Å². The number of carbonyl (C=O) groups is 2. The van der Waals surface area contributed by atoms with E-state index in [1.807, 2.05) is 13.8 Å². The molecule has 0 aromatic heterocycles. The second-order valence-electron chi connectivity index (χ2n) is 4.55. The Bertz CT molecular complexity index is 280. The number of nitrogens with zero attached hydrogens (tertiary/aromatic N) is 1. The smallest absolute Gasteiger partial charge is 0.308 e. The van der Waals surface area contributed by atoms with Gasteiger partial charge in [-0.15, -0.1) is 0 Å². The van der Waals surface area contributed by atoms with Crippen molar-refractivity contribution in [3.8, 4) is 0 Å². The summed E-state index contributed by atoms with van der Waals surface area (Å²) in [5, 5.41) is 8.92. The molecule has 1 aliphatic heterocycles. The third-order valence-electron chi connectivity index (χ3n) is 3.19. The Labute approximate surface area is 102 Å². The van der Waals surface area contributed by atoms with Crippen LogP contribution in [0, 0.1) is 5.92 Å². The van der Waals surface area contributed by atoms with Crippen LogP contribution in [0.3, 0.4) is 0 Å². The molecule has 1 fully saturated rings. The van der Waals surface area contributed by atoms with Crippen molar-refractivity contribution in [2.24, 2.45) is 5.92 Å². The molecule has 1 saturated heterocycles. The van der Waals surface area contributed by atoms with Crippen molar-refractivity contribution in [3.63, 3.8) is 0 Å². The van der Waals surface area contributed by atoms with Crippen molar-refractivity contribution in [2.75, 3.05) is 19.7 Å². The lowest BCUT2D eigenvalue weighted by Crippen LogP contribution is -2.44. The fourth-order valence-corrected chi connectivity index (χ4v) is 1.83. The van der Waals surface area contributed by atoms with Gasteiger partial charge in [-0.2, -0.15) is 0 Å². The molecular formula is C12H21NO4. The number of ether oxygens (including phenoxy) is 1. The highest BCUT2D eigenvalue weighted by atomic mass is 16.5. The highest BCUT2D eigenvalue weighted by Gasteiger charge is 2.28. The van der Waals surface area contributed by atoms with Crippen LogP contribution in [0.1, 0.15) is 33.1 Å². The van der Waals surface area contributed by atoms with Crippen molar-refractivity contribution < 1.29 is 19.4 Å². The van der Waals surface area contributed by atoms with E-state index >= 15 is 0 Å². The normalized spacial score (nSPS) is 22.2. The third-order valence-corrected chi connectivity index (χ3v) is 3.19. The lowest BCUT2D eigenvalue weighted by atomic mass is 9.98. The summed E-state index contributed by atoms with van der Waals surface area (Å²) < 4.78 is 5.36. The summed E-state index contributed by atoms with van der Waals surface area (Å²) in [6, 6.07) is 0. The number of hydrogen-bond donors (Lipinski definition) is 1. The SMILES string of the molecule is CCC(C)OCC(=O)N1CCC[C@H](C(=O)O)C1. The summed E-state index contributed by atoms with van der Waals surface area (Å²) in [6.07, 6.45) is 2.35. The van der Waals surface area contributed by atoms with Crippen molar-refractivity contribution >= 4 is 11.9 Å². The van der Waals surface area contributed by atoms with Crippen LogP contribution in [0.2, 0.25) is 0 Å². The Morgan fingerprint density at radius 3 is 2.82 bits per heavy atom. The molecule has 0 spiro atoms. The minimum absolute atomic E-state index is 0.0569. The monoisotopic (exact) mass is 243 g/mol. The number of piperidine rings is 1. The highest BCUT2D eigenvalue weighted by molar-refractivity contribution is 5.79. The maximum Gasteiger partial charge on any atom is 0.308 e. The first kappa shape index (κ1) is 14.0. The molecule has 5 nitrogen and oxygen atoms in total. The molecule has 0 aromatic carbocycles. The zero-order chi connectivity index (χ0) is 12.8. The molecule has 0 saturated carbocycles. The molecular weight excluding hydrogens is 222 g/mol. The zero-order valence-electron chi connectivity index (χ0n) is 10.5. The molecule has 5 heteroatoms. The molecule has 1 N–H and O–H groups in total. The highest BCUT2D eigenvalue weighted by Crippen LogP contribution is 2.16. The van der Waals surface area contributed by atoms with E-state index in [1.54, 1.807) is 4.90 Å². The van der Waals surface area contributed by atoms with Crippen LogP contribution >= 0.6 is 0 Å². The molecule has 1 amide bonds. The first-order valence-electron chi connectivity index (χ1n) is 6.16. The molecule has 1 rings (SSSR count). The minimum atomic E-state index is -0.814. The Balaban J connectivity index is 2.38. The second-order valence-corrected chi connectivity index (χ2v) is 4.55. The van der Waals surface area contributed by atoms with E-state index in [9.17, 15) is 9.59 Å². The number of hydrogen-bond acceptors (Lipinski definition) is 3. The van der Waals surface area contributed by atoms with Gasteiger partial charge in [-0.3, -0.25) is 9.59 Å². The molecule has 0 aliphatic carbocycles. The third kappa shape index (κ3) is 4.34. The molecule has 1 heterocycles. The summed E-state index contributed by atoms with van der Waals surface area (Å²) >= 11 is 0. The van der Waals surface area contributed by atoms with Gasteiger partial charge in [0, 0.05) is 13.1 Å². The molecule has 2 atom stereocenters. The largest absolute Gasteiger partial charge is 0.481 e. The van der Waals surface area contributed by atoms with Crippen molar-refractivity contribution in [2.45, 2.75) is 39.2 Å². The molecule has 1 aliphatic rings. The molecule has 1 unspecified atom stereocenters. The molecule has 0 aromatic rings. The van der Waals surface area contributed by atoms with Gasteiger partial charge in [-0.25, -0.2) is 0 Å². The van der Waals surface area contributed by atoms with Gasteiger partial charge in [0.15, 0.2) is 0 Å². The first-order chi connectivity index (χ1) is 8.04. The Morgan fingerprint density at radius 1 is 1.53 bits per heavy atom. The van der Waals surface area contributed by atoms with Crippen LogP contribution in [0.4, 0.5) is 0 Å². The van der Waals surface area contributed by atoms with Gasteiger partial charge in [-0.05, 0) is 26.2 Å². The van der Waals surface area contributed by atoms with E-state index in [-0.39, 0.29) is 18.6 Å². The number of carboxylic acids is 1. The van der Waals surface area contributed by atoms with Crippen molar-refractivity contribution in [1.29, 1.82) is 0 Å². The molecule has 98 valence electrons. The number of aliphatic carboxylic acids is 1. The van der Waals surface area contributed by atoms with Gasteiger partial charge >= 0.3 is 5.97 Å². The fourth-order valence-electron chi connectivity index (χ4n) is 1.83. The number of likely N-dealkylation sites (tertiary alicyclic amines) is 1. The van der Waals surface area contributed by atoms with E-state index in [2.05, 4.69) is 0 Å². The summed E-state index contributed by atoms with van der Waals surface area (Å²) in [6.45, 7) is 4.94. The lowest BCUT2D eigenvalue weighted by Gasteiger charge is -2.30. The number of rotatable bonds is 5. The van der Waals surface area contributed by atoms with E-state index in [1.165, 1.54) is 0 Å². The van der Waals surface area contributed by atoms with E-state index in [0.717, 1.165) is 12.8 Å². The van der Waals surface area contributed by atoms with E-state index in [4.69, 9.17) is 9.84 Å². The van der Waals surface area contributed by atoms with Crippen LogP contribution in [0.25, 0.3) is 0 Å². The molecule has 0 radical (unpaired) electrons. The average Bonchev–Trinajstić information content (AvgIpc) is 2.35. The Hall–Kier alpha value is -1.10. The van der Waals surface area contributed by atoms with Gasteiger partial charge in [-0.1, -0.05) is 6.92 Å². The van der Waals surface area contributed by atoms with E-state index < -0.39 is 11.9 Å². The maximum atomic E-state index is 11.8. The lowest BCUT2D eigenvalue weighted by molar-refractivity contribution is -0.147. The van der Waals surface area contributed by atoms with Crippen molar-refractivity contribution in [1.82, 2.24) is 4.90 Å². The fraction of sp³-hybridized carbons (Fsp3) is 0.833. The standard InChI is InChI=1S/C12H21NO4/c1-3-9(2)17-8-11(14)13-6-4-5-10(7-13)12(15)16/h9-10H,3-8H2,1-2H3,(H,15,16)/t9?,10-/m0/s1. The van der Waals surface area contributed by atoms with E-state index in [0.29, 0.717) is 19.5 Å². The first-order valence-corrected chi connectivity index (χ1v) is 6.16. The van der Waals surface area contributed by atoms with Gasteiger partial charge in [0.2, 0.25) is 5.91 Å². The Kier molecular flexibility index (Phi) is 5.41. The summed E-state index contributed by atoms with van der Waals surface area (Å²) in [7, 11) is 0. The van der Waals surface area contributed by atoms with Gasteiger partial charge < -0.3 is 14.7 Å². The van der Waals surface area contributed by atoms with Crippen molar-refractivity contribution in [3.05, 3.63) is 0 Å². The molecule has 17 heavy (non-hydrogen) atoms. The minimum Gasteiger partial charge on any atom is -0.481 e. The van der Waals surface area contributed by atoms with Gasteiger partial charge in [0.25, 0.3) is 0 Å².